The predicted molar refractivity (Wildman–Crippen MR) is 124 cm³/mol. The number of hydrogen-bond acceptors (Lipinski definition) is 5. The van der Waals surface area contributed by atoms with Gasteiger partial charge in [-0.15, -0.1) is 0 Å². The summed E-state index contributed by atoms with van der Waals surface area (Å²) in [6, 6.07) is 18.2. The maximum absolute atomic E-state index is 5.30. The zero-order valence-electron chi connectivity index (χ0n) is 17.2. The minimum atomic E-state index is 0.689. The zero-order chi connectivity index (χ0) is 21.5. The van der Waals surface area contributed by atoms with Gasteiger partial charge in [-0.05, 0) is 36.4 Å². The fraction of sp³-hybridized carbons (Fsp3) is 0.0400. The lowest BCUT2D eigenvalue weighted by molar-refractivity contribution is 0.413. The Balaban J connectivity index is 1.50. The van der Waals surface area contributed by atoms with Crippen LogP contribution >= 0.6 is 0 Å². The smallest absolute Gasteiger partial charge is 0.137 e. The molecule has 2 N–H and O–H groups in total. The summed E-state index contributed by atoms with van der Waals surface area (Å²) in [4.78, 5) is 16.9. The van der Waals surface area contributed by atoms with Crippen LogP contribution in [0.2, 0.25) is 0 Å². The Hall–Kier alpha value is -4.52. The SMILES string of the molecule is COc1cncc(-c2cc3c(-c4cc5c(-c6ccccn6)cccc5[nH]4)n[nH]c3cn2)c1. The topological polar surface area (TPSA) is 92.4 Å². The first-order chi connectivity index (χ1) is 15.8. The Morgan fingerprint density at radius 2 is 1.78 bits per heavy atom. The molecule has 32 heavy (non-hydrogen) atoms. The van der Waals surface area contributed by atoms with E-state index in [0.717, 1.165) is 55.7 Å². The summed E-state index contributed by atoms with van der Waals surface area (Å²) in [7, 11) is 1.63. The molecule has 7 heteroatoms. The number of hydrogen-bond donors (Lipinski definition) is 2. The van der Waals surface area contributed by atoms with Crippen molar-refractivity contribution in [3.8, 4) is 39.7 Å². The molecule has 0 radical (unpaired) electrons. The molecule has 0 aliphatic rings. The quantitative estimate of drug-likeness (QED) is 0.408. The highest BCUT2D eigenvalue weighted by molar-refractivity contribution is 6.01. The summed E-state index contributed by atoms with van der Waals surface area (Å²) in [5.74, 6) is 0.689. The Labute approximate surface area is 183 Å². The number of nitrogens with zero attached hydrogens (tertiary/aromatic N) is 4. The molecule has 0 saturated heterocycles. The lowest BCUT2D eigenvalue weighted by Gasteiger charge is -2.04. The van der Waals surface area contributed by atoms with Crippen molar-refractivity contribution in [1.29, 1.82) is 0 Å². The van der Waals surface area contributed by atoms with Crippen LogP contribution in [0.5, 0.6) is 5.75 Å². The minimum absolute atomic E-state index is 0.689. The third-order valence-corrected chi connectivity index (χ3v) is 5.55. The maximum atomic E-state index is 5.30. The van der Waals surface area contributed by atoms with Crippen molar-refractivity contribution < 1.29 is 4.74 Å². The van der Waals surface area contributed by atoms with Crippen molar-refractivity contribution in [3.63, 3.8) is 0 Å². The van der Waals surface area contributed by atoms with Crippen LogP contribution in [0.4, 0.5) is 0 Å². The summed E-state index contributed by atoms with van der Waals surface area (Å²) >= 11 is 0. The minimum Gasteiger partial charge on any atom is -0.495 e. The molecule has 6 rings (SSSR count). The largest absolute Gasteiger partial charge is 0.495 e. The molecule has 5 heterocycles. The number of rotatable bonds is 4. The first-order valence-electron chi connectivity index (χ1n) is 10.2. The maximum Gasteiger partial charge on any atom is 0.137 e. The van der Waals surface area contributed by atoms with Crippen LogP contribution in [0.25, 0.3) is 55.7 Å². The van der Waals surface area contributed by atoms with Crippen molar-refractivity contribution in [2.24, 2.45) is 0 Å². The third-order valence-electron chi connectivity index (χ3n) is 5.55. The molecule has 0 fully saturated rings. The molecule has 0 amide bonds. The van der Waals surface area contributed by atoms with E-state index in [0.29, 0.717) is 5.75 Å². The number of aromatic amines is 2. The molecule has 0 spiro atoms. The number of aromatic nitrogens is 6. The van der Waals surface area contributed by atoms with Gasteiger partial charge in [-0.25, -0.2) is 0 Å². The fourth-order valence-electron chi connectivity index (χ4n) is 3.98. The van der Waals surface area contributed by atoms with Gasteiger partial charge in [0.05, 0.1) is 42.1 Å². The zero-order valence-corrected chi connectivity index (χ0v) is 17.2. The van der Waals surface area contributed by atoms with Gasteiger partial charge in [-0.3, -0.25) is 20.1 Å². The second-order valence-corrected chi connectivity index (χ2v) is 7.47. The second-order valence-electron chi connectivity index (χ2n) is 7.47. The number of H-pyrrole nitrogens is 2. The van der Waals surface area contributed by atoms with Gasteiger partial charge in [0.15, 0.2) is 0 Å². The molecule has 0 bridgehead atoms. The summed E-state index contributed by atoms with van der Waals surface area (Å²) < 4.78 is 5.30. The lowest BCUT2D eigenvalue weighted by Crippen LogP contribution is -1.88. The molecule has 5 aromatic heterocycles. The van der Waals surface area contributed by atoms with Crippen LogP contribution in [0.15, 0.2) is 79.4 Å². The molecule has 154 valence electrons. The molecule has 0 unspecified atom stereocenters. The molecular weight excluding hydrogens is 400 g/mol. The summed E-state index contributed by atoms with van der Waals surface area (Å²) in [5, 5.41) is 9.75. The van der Waals surface area contributed by atoms with Gasteiger partial charge in [0.25, 0.3) is 0 Å². The first kappa shape index (κ1) is 18.3. The standard InChI is InChI=1S/C25H18N6O/c1-32-16-9-15(12-26-13-16)22-11-19-24(14-28-22)30-31-25(19)23-10-18-17(5-4-7-21(18)29-23)20-6-2-3-8-27-20/h2-14,29H,1H3,(H,30,31). The highest BCUT2D eigenvalue weighted by atomic mass is 16.5. The van der Waals surface area contributed by atoms with Crippen LogP contribution in [-0.2, 0) is 0 Å². The molecule has 0 aliphatic carbocycles. The van der Waals surface area contributed by atoms with Gasteiger partial charge in [0, 0.05) is 39.8 Å². The average Bonchev–Trinajstić information content (AvgIpc) is 3.48. The number of methoxy groups -OCH3 is 1. The van der Waals surface area contributed by atoms with Crippen LogP contribution in [0, 0.1) is 0 Å². The molecule has 1 aromatic carbocycles. The molecule has 0 atom stereocenters. The Kier molecular flexibility index (Phi) is 4.18. The van der Waals surface area contributed by atoms with Gasteiger partial charge >= 0.3 is 0 Å². The number of benzene rings is 1. The Bertz CT molecular complexity index is 1570. The normalized spacial score (nSPS) is 11.3. The van der Waals surface area contributed by atoms with Crippen molar-refractivity contribution >= 4 is 21.8 Å². The van der Waals surface area contributed by atoms with Crippen LogP contribution in [0.1, 0.15) is 0 Å². The van der Waals surface area contributed by atoms with Gasteiger partial charge in [0.2, 0.25) is 0 Å². The number of fused-ring (bicyclic) bond motifs is 2. The number of pyridine rings is 3. The third kappa shape index (κ3) is 2.99. The Morgan fingerprint density at radius 1 is 0.812 bits per heavy atom. The van der Waals surface area contributed by atoms with Crippen molar-refractivity contribution in [2.75, 3.05) is 7.11 Å². The molecular formula is C25H18N6O. The molecule has 0 saturated carbocycles. The van der Waals surface area contributed by atoms with E-state index < -0.39 is 0 Å². The monoisotopic (exact) mass is 418 g/mol. The van der Waals surface area contributed by atoms with E-state index in [1.54, 1.807) is 25.7 Å². The summed E-state index contributed by atoms with van der Waals surface area (Å²) in [6.45, 7) is 0. The number of nitrogens with one attached hydrogen (secondary N) is 2. The van der Waals surface area contributed by atoms with Crippen LogP contribution in [0.3, 0.4) is 0 Å². The van der Waals surface area contributed by atoms with E-state index in [1.807, 2.05) is 42.6 Å². The van der Waals surface area contributed by atoms with Gasteiger partial charge in [-0.1, -0.05) is 18.2 Å². The average molecular weight is 418 g/mol. The van der Waals surface area contributed by atoms with Crippen molar-refractivity contribution in [2.45, 2.75) is 0 Å². The first-order valence-corrected chi connectivity index (χ1v) is 10.2. The number of ether oxygens (including phenoxy) is 1. The fourth-order valence-corrected chi connectivity index (χ4v) is 3.98. The highest BCUT2D eigenvalue weighted by Gasteiger charge is 2.15. The second kappa shape index (κ2) is 7.31. The lowest BCUT2D eigenvalue weighted by atomic mass is 10.1. The van der Waals surface area contributed by atoms with Gasteiger partial charge in [0.1, 0.15) is 11.4 Å². The van der Waals surface area contributed by atoms with Gasteiger partial charge < -0.3 is 9.72 Å². The summed E-state index contributed by atoms with van der Waals surface area (Å²) in [6.07, 6.45) is 7.06. The van der Waals surface area contributed by atoms with E-state index >= 15 is 0 Å². The predicted octanol–water partition coefficient (Wildman–Crippen LogP) is 5.24. The van der Waals surface area contributed by atoms with E-state index in [-0.39, 0.29) is 0 Å². The van der Waals surface area contributed by atoms with E-state index in [9.17, 15) is 0 Å². The van der Waals surface area contributed by atoms with E-state index in [4.69, 9.17) is 4.74 Å². The summed E-state index contributed by atoms with van der Waals surface area (Å²) in [5.41, 5.74) is 7.36. The Morgan fingerprint density at radius 3 is 2.66 bits per heavy atom. The molecule has 7 nitrogen and oxygen atoms in total. The van der Waals surface area contributed by atoms with E-state index in [2.05, 4.69) is 48.3 Å². The van der Waals surface area contributed by atoms with Crippen LogP contribution in [-0.4, -0.2) is 37.2 Å². The van der Waals surface area contributed by atoms with Crippen LogP contribution < -0.4 is 4.74 Å². The molecule has 0 aliphatic heterocycles. The van der Waals surface area contributed by atoms with Crippen molar-refractivity contribution in [1.82, 2.24) is 30.1 Å². The van der Waals surface area contributed by atoms with E-state index in [1.165, 1.54) is 0 Å². The van der Waals surface area contributed by atoms with Gasteiger partial charge in [-0.2, -0.15) is 5.10 Å². The van der Waals surface area contributed by atoms with Crippen molar-refractivity contribution in [3.05, 3.63) is 79.4 Å². The molecule has 6 aromatic rings. The highest BCUT2D eigenvalue weighted by Crippen LogP contribution is 2.34.